The van der Waals surface area contributed by atoms with Crippen LogP contribution in [0.15, 0.2) is 24.3 Å². The van der Waals surface area contributed by atoms with Crippen LogP contribution >= 0.6 is 0 Å². The summed E-state index contributed by atoms with van der Waals surface area (Å²) in [5, 5.41) is 121. The van der Waals surface area contributed by atoms with Crippen LogP contribution in [0, 0.1) is 0 Å². The third-order valence-corrected chi connectivity index (χ3v) is 24.0. The maximum atomic E-state index is 13.5. The van der Waals surface area contributed by atoms with Crippen molar-refractivity contribution in [2.24, 2.45) is 0 Å². The second-order valence-corrected chi connectivity index (χ2v) is 34.2. The zero-order chi connectivity index (χ0) is 81.0. The van der Waals surface area contributed by atoms with Gasteiger partial charge in [0.25, 0.3) is 0 Å². The Balaban J connectivity index is 1.31. The highest BCUT2D eigenvalue weighted by molar-refractivity contribution is 5.76. The maximum Gasteiger partial charge on any atom is 0.220 e. The number of hydrogen-bond donors (Lipinski definition) is 12. The maximum absolute atomic E-state index is 13.5. The van der Waals surface area contributed by atoms with Crippen molar-refractivity contribution in [3.8, 4) is 0 Å². The molecule has 19 nitrogen and oxygen atoms in total. The molecule has 0 aliphatic carbocycles. The molecule has 112 heavy (non-hydrogen) atoms. The van der Waals surface area contributed by atoms with Gasteiger partial charge in [0.05, 0.1) is 38.6 Å². The molecule has 0 spiro atoms. The number of nitrogens with one attached hydrogen (secondary N) is 1. The van der Waals surface area contributed by atoms with Gasteiger partial charge in [0.15, 0.2) is 18.9 Å². The normalized spacial score (nSPS) is 25.0. The molecule has 3 rings (SSSR count). The fourth-order valence-electron chi connectivity index (χ4n) is 16.5. The van der Waals surface area contributed by atoms with E-state index in [1.807, 2.05) is 6.08 Å². The number of aliphatic hydroxyl groups excluding tert-OH is 11. The molecule has 0 aromatic carbocycles. The number of carbonyl (C=O) groups excluding carboxylic acids is 1. The first-order chi connectivity index (χ1) is 54.8. The Morgan fingerprint density at radius 2 is 0.571 bits per heavy atom. The summed E-state index contributed by atoms with van der Waals surface area (Å²) in [7, 11) is 0. The van der Waals surface area contributed by atoms with E-state index in [1.54, 1.807) is 6.08 Å². The van der Waals surface area contributed by atoms with Crippen LogP contribution in [0.4, 0.5) is 0 Å². The lowest BCUT2D eigenvalue weighted by molar-refractivity contribution is -0.379. The van der Waals surface area contributed by atoms with Crippen molar-refractivity contribution < 1.29 is 89.4 Å². The van der Waals surface area contributed by atoms with E-state index in [0.717, 1.165) is 38.5 Å². The number of hydrogen-bond acceptors (Lipinski definition) is 18. The van der Waals surface area contributed by atoms with Crippen LogP contribution in [-0.2, 0) is 33.2 Å². The molecule has 1 amide bonds. The number of allylic oxidation sites excluding steroid dienone is 3. The average molecular weight is 1600 g/mol. The van der Waals surface area contributed by atoms with Crippen LogP contribution in [0.25, 0.3) is 0 Å². The summed E-state index contributed by atoms with van der Waals surface area (Å²) in [5.74, 6) is -0.275. The van der Waals surface area contributed by atoms with Gasteiger partial charge in [-0.2, -0.15) is 0 Å². The average Bonchev–Trinajstić information content (AvgIpc) is 0.781. The molecule has 0 aromatic rings. The quantitative estimate of drug-likeness (QED) is 0.0199. The standard InChI is InChI=1S/C93H177NO18/c1-3-5-7-9-11-13-15-17-19-21-23-25-27-29-31-33-35-37-38-39-41-43-45-47-49-51-53-55-57-59-61-63-65-67-69-71-81(99)94-76(77(98)70-68-66-64-62-60-58-56-54-52-50-48-46-44-42-40-36-34-32-30-28-26-24-22-20-18-16-14-12-10-8-6-4-2)75-107-91-87(105)84(102)89(79(73-96)109-91)112-93-88(106)85(103)90(80(74-97)110-93)111-92-86(104)83(101)82(100)78(72-95)108-92/h60,62,68,70,76-80,82-93,95-98,100-106H,3-59,61,63-67,69,71-75H2,1-2H3,(H,94,99)/b62-60+,70-68+. The van der Waals surface area contributed by atoms with Crippen molar-refractivity contribution in [2.75, 3.05) is 26.4 Å². The smallest absolute Gasteiger partial charge is 0.220 e. The van der Waals surface area contributed by atoms with Gasteiger partial charge in [0, 0.05) is 6.42 Å². The number of rotatable bonds is 79. The molecule has 3 fully saturated rings. The van der Waals surface area contributed by atoms with Gasteiger partial charge in [0.1, 0.15) is 73.2 Å². The summed E-state index contributed by atoms with van der Waals surface area (Å²) in [5.41, 5.74) is 0. The first-order valence-electron chi connectivity index (χ1n) is 47.6. The lowest BCUT2D eigenvalue weighted by atomic mass is 9.96. The highest BCUT2D eigenvalue weighted by Crippen LogP contribution is 2.34. The molecular weight excluding hydrogens is 1420 g/mol. The van der Waals surface area contributed by atoms with Crippen molar-refractivity contribution >= 4 is 5.91 Å². The molecule has 17 unspecified atom stereocenters. The van der Waals surface area contributed by atoms with E-state index in [1.165, 1.54) is 360 Å². The van der Waals surface area contributed by atoms with Crippen LogP contribution in [0.2, 0.25) is 0 Å². The van der Waals surface area contributed by atoms with Crippen LogP contribution in [0.1, 0.15) is 431 Å². The molecule has 0 radical (unpaired) electrons. The van der Waals surface area contributed by atoms with E-state index < -0.39 is 124 Å². The fraction of sp³-hybridized carbons (Fsp3) is 0.946. The molecule has 12 N–H and O–H groups in total. The third-order valence-electron chi connectivity index (χ3n) is 24.0. The summed E-state index contributed by atoms with van der Waals surface area (Å²) in [6.45, 7) is 1.80. The molecular formula is C93H177NO18. The monoisotopic (exact) mass is 1600 g/mol. The molecule has 3 aliphatic rings. The molecule has 0 saturated carbocycles. The molecule has 0 aromatic heterocycles. The topological polar surface area (TPSA) is 307 Å². The van der Waals surface area contributed by atoms with E-state index in [-0.39, 0.29) is 18.9 Å². The van der Waals surface area contributed by atoms with Crippen LogP contribution < -0.4 is 5.32 Å². The van der Waals surface area contributed by atoms with Gasteiger partial charge >= 0.3 is 0 Å². The summed E-state index contributed by atoms with van der Waals surface area (Å²) in [6.07, 6.45) is 66.5. The van der Waals surface area contributed by atoms with E-state index in [4.69, 9.17) is 28.4 Å². The lowest BCUT2D eigenvalue weighted by Crippen LogP contribution is -2.66. The summed E-state index contributed by atoms with van der Waals surface area (Å²) in [4.78, 5) is 13.5. The van der Waals surface area contributed by atoms with Crippen molar-refractivity contribution in [3.05, 3.63) is 24.3 Å². The van der Waals surface area contributed by atoms with Gasteiger partial charge in [-0.25, -0.2) is 0 Å². The van der Waals surface area contributed by atoms with E-state index in [2.05, 4.69) is 31.3 Å². The first kappa shape index (κ1) is 104. The predicted molar refractivity (Wildman–Crippen MR) is 453 cm³/mol. The molecule has 17 atom stereocenters. The molecule has 662 valence electrons. The Hall–Kier alpha value is -1.73. The van der Waals surface area contributed by atoms with Crippen molar-refractivity contribution in [1.29, 1.82) is 0 Å². The molecule has 19 heteroatoms. The van der Waals surface area contributed by atoms with Gasteiger partial charge in [-0.1, -0.05) is 417 Å². The molecule has 0 bridgehead atoms. The minimum Gasteiger partial charge on any atom is -0.394 e. The van der Waals surface area contributed by atoms with Gasteiger partial charge in [-0.3, -0.25) is 4.79 Å². The zero-order valence-corrected chi connectivity index (χ0v) is 71.7. The van der Waals surface area contributed by atoms with Crippen LogP contribution in [0.3, 0.4) is 0 Å². The largest absolute Gasteiger partial charge is 0.394 e. The summed E-state index contributed by atoms with van der Waals surface area (Å²) >= 11 is 0. The second kappa shape index (κ2) is 73.2. The number of ether oxygens (including phenoxy) is 6. The first-order valence-corrected chi connectivity index (χ1v) is 47.6. The molecule has 3 heterocycles. The Morgan fingerprint density at radius 1 is 0.312 bits per heavy atom. The zero-order valence-electron chi connectivity index (χ0n) is 71.7. The minimum absolute atomic E-state index is 0.242. The van der Waals surface area contributed by atoms with Gasteiger partial charge in [0.2, 0.25) is 5.91 Å². The number of carbonyl (C=O) groups is 1. The summed E-state index contributed by atoms with van der Waals surface area (Å²) < 4.78 is 34.5. The van der Waals surface area contributed by atoms with Crippen LogP contribution in [0.5, 0.6) is 0 Å². The summed E-state index contributed by atoms with van der Waals surface area (Å²) in [6, 6.07) is -0.990. The van der Waals surface area contributed by atoms with Crippen LogP contribution in [-0.4, -0.2) is 193 Å². The fourth-order valence-corrected chi connectivity index (χ4v) is 16.5. The highest BCUT2D eigenvalue weighted by atomic mass is 16.8. The van der Waals surface area contributed by atoms with Crippen molar-refractivity contribution in [1.82, 2.24) is 5.32 Å². The number of unbranched alkanes of at least 4 members (excludes halogenated alkanes) is 61. The van der Waals surface area contributed by atoms with Crippen molar-refractivity contribution in [2.45, 2.75) is 535 Å². The predicted octanol–water partition coefficient (Wildman–Crippen LogP) is 18.8. The van der Waals surface area contributed by atoms with E-state index in [0.29, 0.717) is 12.8 Å². The number of aliphatic hydroxyl groups is 11. The minimum atomic E-state index is -1.98. The lowest BCUT2D eigenvalue weighted by Gasteiger charge is -2.48. The molecule has 3 aliphatic heterocycles. The van der Waals surface area contributed by atoms with Crippen molar-refractivity contribution in [3.63, 3.8) is 0 Å². The highest BCUT2D eigenvalue weighted by Gasteiger charge is 2.54. The van der Waals surface area contributed by atoms with E-state index >= 15 is 0 Å². The van der Waals surface area contributed by atoms with E-state index in [9.17, 15) is 61.0 Å². The Kier molecular flexibility index (Phi) is 68.3. The second-order valence-electron chi connectivity index (χ2n) is 34.2. The Labute approximate surface area is 683 Å². The molecule has 3 saturated heterocycles. The van der Waals surface area contributed by atoms with Gasteiger partial charge < -0.3 is 89.9 Å². The number of amides is 1. The van der Waals surface area contributed by atoms with Gasteiger partial charge in [-0.15, -0.1) is 0 Å². The Morgan fingerprint density at radius 3 is 0.893 bits per heavy atom. The van der Waals surface area contributed by atoms with Gasteiger partial charge in [-0.05, 0) is 32.1 Å². The SMILES string of the molecule is CCCCCCCCCCCCCCCCCCCCCCCCCCCC/C=C/CC/C=C/C(O)C(COC1OC(CO)C(OC2OC(CO)C(OC3OC(CO)C(O)C(O)C3O)C(O)C2O)C(O)C1O)NC(=O)CCCCCCCCCCCCCCCCCCCCCCCCCCCCCCCCCCCCC. The third kappa shape index (κ3) is 51.0. The Bertz CT molecular complexity index is 2110.